The standard InChI is InChI=1S/C26H50O5S/c1-6-32(29)24(26(28)31-20-16-12-8-10-14-18-23(4)5)21-25(27)30-19-15-11-7-9-13-17-22(2)3/h22-24H,6-21H2,1-5H3. The highest BCUT2D eigenvalue weighted by Crippen LogP contribution is 2.13. The maximum absolute atomic E-state index is 12.4. The molecular weight excluding hydrogens is 424 g/mol. The first-order valence-corrected chi connectivity index (χ1v) is 14.4. The first kappa shape index (κ1) is 31.1. The van der Waals surface area contributed by atoms with Crippen molar-refractivity contribution in [3.8, 4) is 0 Å². The first-order chi connectivity index (χ1) is 15.3. The van der Waals surface area contributed by atoms with E-state index < -0.39 is 28.0 Å². The Morgan fingerprint density at radius 2 is 1.12 bits per heavy atom. The zero-order valence-corrected chi connectivity index (χ0v) is 22.3. The fraction of sp³-hybridized carbons (Fsp3) is 0.923. The summed E-state index contributed by atoms with van der Waals surface area (Å²) in [6, 6.07) is 0. The Morgan fingerprint density at radius 1 is 0.688 bits per heavy atom. The van der Waals surface area contributed by atoms with E-state index in [4.69, 9.17) is 9.47 Å². The molecule has 0 fully saturated rings. The molecule has 2 atom stereocenters. The highest BCUT2D eigenvalue weighted by Gasteiger charge is 2.29. The van der Waals surface area contributed by atoms with Crippen LogP contribution in [0.3, 0.4) is 0 Å². The summed E-state index contributed by atoms with van der Waals surface area (Å²) in [6.07, 6.45) is 13.3. The molecule has 0 saturated heterocycles. The molecule has 0 aliphatic heterocycles. The van der Waals surface area contributed by atoms with Gasteiger partial charge in [0.1, 0.15) is 5.25 Å². The van der Waals surface area contributed by atoms with E-state index >= 15 is 0 Å². The zero-order chi connectivity index (χ0) is 24.2. The second-order valence-corrected chi connectivity index (χ2v) is 11.6. The number of rotatable bonds is 21. The van der Waals surface area contributed by atoms with Crippen molar-refractivity contribution in [1.29, 1.82) is 0 Å². The van der Waals surface area contributed by atoms with Gasteiger partial charge in [0.15, 0.2) is 0 Å². The number of hydrogen-bond donors (Lipinski definition) is 0. The molecule has 0 amide bonds. The Morgan fingerprint density at radius 3 is 1.59 bits per heavy atom. The first-order valence-electron chi connectivity index (χ1n) is 13.0. The van der Waals surface area contributed by atoms with Gasteiger partial charge >= 0.3 is 11.9 Å². The van der Waals surface area contributed by atoms with Crippen LogP contribution < -0.4 is 0 Å². The Labute approximate surface area is 200 Å². The van der Waals surface area contributed by atoms with E-state index in [-0.39, 0.29) is 6.42 Å². The van der Waals surface area contributed by atoms with Gasteiger partial charge in [-0.15, -0.1) is 0 Å². The average molecular weight is 475 g/mol. The third-order valence-corrected chi connectivity index (χ3v) is 7.14. The molecule has 0 rings (SSSR count). The van der Waals surface area contributed by atoms with Crippen molar-refractivity contribution in [2.24, 2.45) is 11.8 Å². The monoisotopic (exact) mass is 474 g/mol. The molecule has 0 heterocycles. The molecule has 0 aliphatic carbocycles. The van der Waals surface area contributed by atoms with Crippen LogP contribution in [-0.4, -0.2) is 40.4 Å². The zero-order valence-electron chi connectivity index (χ0n) is 21.5. The van der Waals surface area contributed by atoms with E-state index in [0.29, 0.717) is 19.0 Å². The molecule has 0 radical (unpaired) electrons. The van der Waals surface area contributed by atoms with Crippen molar-refractivity contribution in [3.63, 3.8) is 0 Å². The molecule has 32 heavy (non-hydrogen) atoms. The van der Waals surface area contributed by atoms with Crippen LogP contribution >= 0.6 is 0 Å². The van der Waals surface area contributed by atoms with Gasteiger partial charge in [0.2, 0.25) is 0 Å². The van der Waals surface area contributed by atoms with Gasteiger partial charge in [-0.25, -0.2) is 0 Å². The molecule has 0 aromatic rings. The molecule has 0 aromatic carbocycles. The predicted octanol–water partition coefficient (Wildman–Crippen LogP) is 6.59. The lowest BCUT2D eigenvalue weighted by atomic mass is 10.0. The normalized spacial score (nSPS) is 13.3. The molecule has 190 valence electrons. The van der Waals surface area contributed by atoms with E-state index in [1.807, 2.05) is 0 Å². The summed E-state index contributed by atoms with van der Waals surface area (Å²) in [6.45, 7) is 11.4. The van der Waals surface area contributed by atoms with Crippen molar-refractivity contribution in [3.05, 3.63) is 0 Å². The van der Waals surface area contributed by atoms with Crippen LogP contribution in [0.5, 0.6) is 0 Å². The second kappa shape index (κ2) is 20.7. The van der Waals surface area contributed by atoms with E-state index in [0.717, 1.165) is 50.4 Å². The number of esters is 2. The smallest absolute Gasteiger partial charge is 0.322 e. The second-order valence-electron chi connectivity index (χ2n) is 9.65. The quantitative estimate of drug-likeness (QED) is 0.139. The molecule has 0 spiro atoms. The van der Waals surface area contributed by atoms with Crippen molar-refractivity contribution in [1.82, 2.24) is 0 Å². The minimum atomic E-state index is -1.42. The van der Waals surface area contributed by atoms with E-state index in [1.54, 1.807) is 6.92 Å². The number of unbranched alkanes of at least 4 members (excludes halogenated alkanes) is 8. The SMILES string of the molecule is CCS(=O)C(CC(=O)OCCCCCCCC(C)C)C(=O)OCCCCCCCC(C)C. The van der Waals surface area contributed by atoms with Gasteiger partial charge in [-0.05, 0) is 24.7 Å². The molecule has 2 unspecified atom stereocenters. The fourth-order valence-electron chi connectivity index (χ4n) is 3.52. The number of carbonyl (C=O) groups is 2. The minimum absolute atomic E-state index is 0.164. The summed E-state index contributed by atoms with van der Waals surface area (Å²) in [5.41, 5.74) is 0. The average Bonchev–Trinajstić information content (AvgIpc) is 2.74. The van der Waals surface area contributed by atoms with Crippen LogP contribution in [0, 0.1) is 11.8 Å². The maximum atomic E-state index is 12.4. The van der Waals surface area contributed by atoms with Crippen molar-refractivity contribution in [2.45, 2.75) is 123 Å². The Kier molecular flexibility index (Phi) is 20.1. The van der Waals surface area contributed by atoms with E-state index in [1.165, 1.54) is 38.5 Å². The van der Waals surface area contributed by atoms with Gasteiger partial charge in [0, 0.05) is 16.6 Å². The Hall–Kier alpha value is -0.910. The highest BCUT2D eigenvalue weighted by atomic mass is 32.2. The third kappa shape index (κ3) is 18.6. The molecule has 0 aliphatic rings. The van der Waals surface area contributed by atoms with Gasteiger partial charge in [-0.3, -0.25) is 13.8 Å². The van der Waals surface area contributed by atoms with Gasteiger partial charge < -0.3 is 9.47 Å². The Balaban J connectivity index is 4.02. The number of ether oxygens (including phenoxy) is 2. The van der Waals surface area contributed by atoms with Gasteiger partial charge in [0.05, 0.1) is 19.6 Å². The molecular formula is C26H50O5S. The lowest BCUT2D eigenvalue weighted by molar-refractivity contribution is -0.150. The lowest BCUT2D eigenvalue weighted by Crippen LogP contribution is -2.32. The van der Waals surface area contributed by atoms with E-state index in [9.17, 15) is 13.8 Å². The summed E-state index contributed by atoms with van der Waals surface area (Å²) in [4.78, 5) is 24.5. The maximum Gasteiger partial charge on any atom is 0.322 e. The van der Waals surface area contributed by atoms with Crippen LogP contribution in [0.25, 0.3) is 0 Å². The summed E-state index contributed by atoms with van der Waals surface area (Å²) < 4.78 is 22.9. The van der Waals surface area contributed by atoms with Crippen LogP contribution in [0.1, 0.15) is 118 Å². The van der Waals surface area contributed by atoms with Crippen LogP contribution in [-0.2, 0) is 29.9 Å². The van der Waals surface area contributed by atoms with Crippen molar-refractivity contribution >= 4 is 22.7 Å². The van der Waals surface area contributed by atoms with Gasteiger partial charge in [-0.1, -0.05) is 98.8 Å². The number of carbonyl (C=O) groups excluding carboxylic acids is 2. The minimum Gasteiger partial charge on any atom is -0.466 e. The number of hydrogen-bond acceptors (Lipinski definition) is 5. The largest absolute Gasteiger partial charge is 0.466 e. The molecule has 0 bridgehead atoms. The highest BCUT2D eigenvalue weighted by molar-refractivity contribution is 7.86. The summed E-state index contributed by atoms with van der Waals surface area (Å²) >= 11 is 0. The molecule has 0 aromatic heterocycles. The predicted molar refractivity (Wildman–Crippen MR) is 134 cm³/mol. The van der Waals surface area contributed by atoms with Gasteiger partial charge in [0.25, 0.3) is 0 Å². The molecule has 0 saturated carbocycles. The van der Waals surface area contributed by atoms with Gasteiger partial charge in [-0.2, -0.15) is 0 Å². The summed E-state index contributed by atoms with van der Waals surface area (Å²) in [7, 11) is -1.42. The Bertz CT molecular complexity index is 504. The summed E-state index contributed by atoms with van der Waals surface area (Å²) in [5.74, 6) is 0.826. The van der Waals surface area contributed by atoms with Crippen LogP contribution in [0.2, 0.25) is 0 Å². The fourth-order valence-corrected chi connectivity index (χ4v) is 4.52. The van der Waals surface area contributed by atoms with Crippen molar-refractivity contribution in [2.75, 3.05) is 19.0 Å². The third-order valence-electron chi connectivity index (χ3n) is 5.58. The topological polar surface area (TPSA) is 69.7 Å². The van der Waals surface area contributed by atoms with E-state index in [2.05, 4.69) is 27.7 Å². The molecule has 5 nitrogen and oxygen atoms in total. The molecule has 6 heteroatoms. The molecule has 0 N–H and O–H groups in total. The lowest BCUT2D eigenvalue weighted by Gasteiger charge is -2.15. The van der Waals surface area contributed by atoms with Crippen LogP contribution in [0.15, 0.2) is 0 Å². The van der Waals surface area contributed by atoms with Crippen LogP contribution in [0.4, 0.5) is 0 Å². The summed E-state index contributed by atoms with van der Waals surface area (Å²) in [5, 5.41) is -0.922. The van der Waals surface area contributed by atoms with Crippen molar-refractivity contribution < 1.29 is 23.3 Å².